The van der Waals surface area contributed by atoms with Crippen LogP contribution in [0.4, 0.5) is 5.69 Å². The third-order valence-electron chi connectivity index (χ3n) is 3.38. The molecule has 0 saturated heterocycles. The Kier molecular flexibility index (Phi) is 7.39. The molecule has 1 amide bonds. The Bertz CT molecular complexity index is 570. The van der Waals surface area contributed by atoms with Gasteiger partial charge in [-0.1, -0.05) is 0 Å². The standard InChI is InChI=1S/C17H23N3O2S/c18-14-4-7-16(8-5-14)22-11-3-1-2-10-19-17(21)9-6-15-12-23-13-20-15/h4-5,7-8,12-13H,1-3,6,9-11,18H2,(H,19,21). The monoisotopic (exact) mass is 333 g/mol. The maximum absolute atomic E-state index is 11.7. The van der Waals surface area contributed by atoms with E-state index in [1.54, 1.807) is 16.8 Å². The maximum Gasteiger partial charge on any atom is 0.220 e. The predicted octanol–water partition coefficient (Wildman–Crippen LogP) is 3.02. The number of nitrogens with zero attached hydrogens (tertiary/aromatic N) is 1. The second-order valence-electron chi connectivity index (χ2n) is 5.31. The first-order valence-electron chi connectivity index (χ1n) is 7.86. The van der Waals surface area contributed by atoms with Gasteiger partial charge in [-0.05, 0) is 49.9 Å². The first kappa shape index (κ1) is 17.3. The fourth-order valence-corrected chi connectivity index (χ4v) is 2.67. The normalized spacial score (nSPS) is 10.4. The Hall–Kier alpha value is -2.08. The summed E-state index contributed by atoms with van der Waals surface area (Å²) in [5.74, 6) is 0.936. The minimum absolute atomic E-state index is 0.0936. The number of nitrogens with one attached hydrogen (secondary N) is 1. The van der Waals surface area contributed by atoms with Gasteiger partial charge in [0.1, 0.15) is 5.75 Å². The number of carbonyl (C=O) groups is 1. The van der Waals surface area contributed by atoms with Crippen LogP contribution in [0.15, 0.2) is 35.2 Å². The number of rotatable bonds is 10. The van der Waals surface area contributed by atoms with Crippen molar-refractivity contribution in [3.8, 4) is 5.75 Å². The molecule has 0 saturated carbocycles. The second-order valence-corrected chi connectivity index (χ2v) is 6.03. The average molecular weight is 333 g/mol. The van der Waals surface area contributed by atoms with Crippen LogP contribution in [0.25, 0.3) is 0 Å². The topological polar surface area (TPSA) is 77.2 Å². The smallest absolute Gasteiger partial charge is 0.220 e. The van der Waals surface area contributed by atoms with Crippen LogP contribution in [0.5, 0.6) is 5.75 Å². The SMILES string of the molecule is Nc1ccc(OCCCCCNC(=O)CCc2cscn2)cc1. The van der Waals surface area contributed by atoms with Crippen molar-refractivity contribution in [1.82, 2.24) is 10.3 Å². The molecule has 2 rings (SSSR count). The molecule has 124 valence electrons. The summed E-state index contributed by atoms with van der Waals surface area (Å²) in [5.41, 5.74) is 9.14. The van der Waals surface area contributed by atoms with Crippen LogP contribution in [-0.2, 0) is 11.2 Å². The zero-order valence-corrected chi connectivity index (χ0v) is 14.0. The Balaban J connectivity index is 1.44. The minimum atomic E-state index is 0.0936. The van der Waals surface area contributed by atoms with Gasteiger partial charge in [0.2, 0.25) is 5.91 Å². The van der Waals surface area contributed by atoms with Crippen LogP contribution in [0.3, 0.4) is 0 Å². The average Bonchev–Trinajstić information content (AvgIpc) is 3.07. The molecule has 0 fully saturated rings. The van der Waals surface area contributed by atoms with Crippen molar-refractivity contribution >= 4 is 22.9 Å². The van der Waals surface area contributed by atoms with E-state index >= 15 is 0 Å². The molecule has 1 aromatic carbocycles. The number of ether oxygens (including phenoxy) is 1. The van der Waals surface area contributed by atoms with Gasteiger partial charge in [-0.25, -0.2) is 4.98 Å². The number of carbonyl (C=O) groups excluding carboxylic acids is 1. The molecule has 0 radical (unpaired) electrons. The number of thiazole rings is 1. The van der Waals surface area contributed by atoms with Gasteiger partial charge in [0.15, 0.2) is 0 Å². The minimum Gasteiger partial charge on any atom is -0.494 e. The number of benzene rings is 1. The fraction of sp³-hybridized carbons (Fsp3) is 0.412. The molecule has 0 bridgehead atoms. The first-order chi connectivity index (χ1) is 11.2. The highest BCUT2D eigenvalue weighted by atomic mass is 32.1. The quantitative estimate of drug-likeness (QED) is 0.517. The summed E-state index contributed by atoms with van der Waals surface area (Å²) in [6.45, 7) is 1.40. The van der Waals surface area contributed by atoms with Crippen LogP contribution >= 0.6 is 11.3 Å². The van der Waals surface area contributed by atoms with Crippen molar-refractivity contribution in [2.45, 2.75) is 32.1 Å². The van der Waals surface area contributed by atoms with Crippen LogP contribution in [-0.4, -0.2) is 24.0 Å². The molecule has 2 aromatic rings. The summed E-state index contributed by atoms with van der Waals surface area (Å²) >= 11 is 1.56. The molecule has 3 N–H and O–H groups in total. The van der Waals surface area contributed by atoms with Gasteiger partial charge in [0, 0.05) is 24.0 Å². The van der Waals surface area contributed by atoms with E-state index in [1.165, 1.54) is 0 Å². The van der Waals surface area contributed by atoms with Crippen LogP contribution in [0.1, 0.15) is 31.4 Å². The van der Waals surface area contributed by atoms with Gasteiger partial charge in [0.25, 0.3) is 0 Å². The van der Waals surface area contributed by atoms with Gasteiger partial charge in [-0.3, -0.25) is 4.79 Å². The molecular formula is C17H23N3O2S. The zero-order chi connectivity index (χ0) is 16.3. The fourth-order valence-electron chi connectivity index (χ4n) is 2.08. The number of unbranched alkanes of at least 4 members (excludes halogenated alkanes) is 2. The Morgan fingerprint density at radius 3 is 2.78 bits per heavy atom. The molecule has 0 aliphatic heterocycles. The summed E-state index contributed by atoms with van der Waals surface area (Å²) < 4.78 is 5.62. The molecule has 0 spiro atoms. The molecule has 23 heavy (non-hydrogen) atoms. The van der Waals surface area contributed by atoms with E-state index in [0.717, 1.165) is 42.9 Å². The molecule has 0 aliphatic rings. The van der Waals surface area contributed by atoms with E-state index in [1.807, 2.05) is 29.6 Å². The van der Waals surface area contributed by atoms with E-state index < -0.39 is 0 Å². The number of hydrogen-bond donors (Lipinski definition) is 2. The van der Waals surface area contributed by atoms with Gasteiger partial charge in [0.05, 0.1) is 17.8 Å². The highest BCUT2D eigenvalue weighted by molar-refractivity contribution is 7.07. The number of aromatic nitrogens is 1. The Labute approximate surface area is 140 Å². The third kappa shape index (κ3) is 7.15. The molecular weight excluding hydrogens is 310 g/mol. The lowest BCUT2D eigenvalue weighted by atomic mass is 10.2. The molecule has 5 nitrogen and oxygen atoms in total. The lowest BCUT2D eigenvalue weighted by molar-refractivity contribution is -0.121. The van der Waals surface area contributed by atoms with E-state index in [-0.39, 0.29) is 5.91 Å². The van der Waals surface area contributed by atoms with Crippen LogP contribution < -0.4 is 15.8 Å². The summed E-state index contributed by atoms with van der Waals surface area (Å²) in [6, 6.07) is 7.41. The van der Waals surface area contributed by atoms with E-state index in [4.69, 9.17) is 10.5 Å². The van der Waals surface area contributed by atoms with E-state index in [9.17, 15) is 4.79 Å². The number of nitrogens with two attached hydrogens (primary N) is 1. The lowest BCUT2D eigenvalue weighted by Gasteiger charge is -2.07. The van der Waals surface area contributed by atoms with Gasteiger partial charge in [-0.15, -0.1) is 11.3 Å². The summed E-state index contributed by atoms with van der Waals surface area (Å²) in [5, 5.41) is 4.92. The summed E-state index contributed by atoms with van der Waals surface area (Å²) in [6.07, 6.45) is 4.18. The Morgan fingerprint density at radius 2 is 2.04 bits per heavy atom. The first-order valence-corrected chi connectivity index (χ1v) is 8.80. The summed E-state index contributed by atoms with van der Waals surface area (Å²) in [4.78, 5) is 15.8. The zero-order valence-electron chi connectivity index (χ0n) is 13.2. The molecule has 6 heteroatoms. The van der Waals surface area contributed by atoms with Gasteiger partial charge < -0.3 is 15.8 Å². The van der Waals surface area contributed by atoms with Crippen LogP contribution in [0, 0.1) is 0 Å². The van der Waals surface area contributed by atoms with E-state index in [0.29, 0.717) is 19.4 Å². The van der Waals surface area contributed by atoms with Gasteiger partial charge >= 0.3 is 0 Å². The third-order valence-corrected chi connectivity index (χ3v) is 4.02. The van der Waals surface area contributed by atoms with Crippen molar-refractivity contribution < 1.29 is 9.53 Å². The lowest BCUT2D eigenvalue weighted by Crippen LogP contribution is -2.24. The highest BCUT2D eigenvalue weighted by Gasteiger charge is 2.02. The second kappa shape index (κ2) is 9.84. The van der Waals surface area contributed by atoms with Crippen molar-refractivity contribution in [3.05, 3.63) is 40.8 Å². The molecule has 1 heterocycles. The summed E-state index contributed by atoms with van der Waals surface area (Å²) in [7, 11) is 0. The van der Waals surface area contributed by atoms with Gasteiger partial charge in [-0.2, -0.15) is 0 Å². The Morgan fingerprint density at radius 1 is 1.22 bits per heavy atom. The molecule has 1 aromatic heterocycles. The maximum atomic E-state index is 11.7. The van der Waals surface area contributed by atoms with Crippen molar-refractivity contribution in [2.24, 2.45) is 0 Å². The number of amides is 1. The van der Waals surface area contributed by atoms with Crippen LogP contribution in [0.2, 0.25) is 0 Å². The molecule has 0 atom stereocenters. The van der Waals surface area contributed by atoms with Crippen molar-refractivity contribution in [2.75, 3.05) is 18.9 Å². The van der Waals surface area contributed by atoms with Crippen molar-refractivity contribution in [1.29, 1.82) is 0 Å². The number of anilines is 1. The number of nitrogen functional groups attached to an aromatic ring is 1. The van der Waals surface area contributed by atoms with Crippen molar-refractivity contribution in [3.63, 3.8) is 0 Å². The number of aryl methyl sites for hydroxylation is 1. The molecule has 0 unspecified atom stereocenters. The number of hydrogen-bond acceptors (Lipinski definition) is 5. The largest absolute Gasteiger partial charge is 0.494 e. The predicted molar refractivity (Wildman–Crippen MR) is 93.6 cm³/mol. The highest BCUT2D eigenvalue weighted by Crippen LogP contribution is 2.13. The van der Waals surface area contributed by atoms with E-state index in [2.05, 4.69) is 10.3 Å². The molecule has 0 aliphatic carbocycles.